The van der Waals surface area contributed by atoms with E-state index in [4.69, 9.17) is 10.5 Å². The fraction of sp³-hybridized carbons (Fsp3) is 0.364. The molecule has 0 aromatic heterocycles. The molecule has 15 heavy (non-hydrogen) atoms. The van der Waals surface area contributed by atoms with Gasteiger partial charge in [0.15, 0.2) is 0 Å². The summed E-state index contributed by atoms with van der Waals surface area (Å²) in [6, 6.07) is 5.65. The minimum atomic E-state index is 0.655. The summed E-state index contributed by atoms with van der Waals surface area (Å²) in [5.41, 5.74) is 6.56. The fourth-order valence-electron chi connectivity index (χ4n) is 1.20. The Bertz CT molecular complexity index is 364. The van der Waals surface area contributed by atoms with Gasteiger partial charge < -0.3 is 10.5 Å². The van der Waals surface area contributed by atoms with Crippen molar-refractivity contribution in [3.8, 4) is 5.75 Å². The summed E-state index contributed by atoms with van der Waals surface area (Å²) in [6.07, 6.45) is 1.82. The summed E-state index contributed by atoms with van der Waals surface area (Å²) in [4.78, 5) is 4.29. The number of halogens is 1. The molecule has 2 N–H and O–H groups in total. The first-order chi connectivity index (χ1) is 7.17. The molecule has 3 nitrogen and oxygen atoms in total. The number of aliphatic imine (C=N–C) groups is 1. The van der Waals surface area contributed by atoms with Crippen LogP contribution < -0.4 is 10.5 Å². The maximum atomic E-state index is 5.74. The van der Waals surface area contributed by atoms with E-state index in [9.17, 15) is 0 Å². The number of rotatable bonds is 4. The van der Waals surface area contributed by atoms with Crippen LogP contribution in [-0.2, 0) is 0 Å². The lowest BCUT2D eigenvalue weighted by atomic mass is 10.3. The van der Waals surface area contributed by atoms with Crippen molar-refractivity contribution < 1.29 is 4.74 Å². The number of ether oxygens (including phenoxy) is 1. The van der Waals surface area contributed by atoms with Crippen LogP contribution in [0.3, 0.4) is 0 Å². The Hall–Kier alpha value is -1.03. The van der Waals surface area contributed by atoms with Crippen LogP contribution in [0.1, 0.15) is 19.8 Å². The number of hydrogen-bond donors (Lipinski definition) is 1. The molecule has 0 aliphatic rings. The van der Waals surface area contributed by atoms with Gasteiger partial charge in [-0.15, -0.1) is 0 Å². The molecule has 1 rings (SSSR count). The smallest absolute Gasteiger partial charge is 0.135 e. The molecule has 1 aromatic carbocycles. The minimum absolute atomic E-state index is 0.655. The van der Waals surface area contributed by atoms with E-state index in [0.717, 1.165) is 28.8 Å². The highest BCUT2D eigenvalue weighted by Crippen LogP contribution is 2.29. The number of nitrogens with two attached hydrogens (primary N) is 1. The van der Waals surface area contributed by atoms with E-state index in [1.165, 1.54) is 0 Å². The molecular formula is C11H15BrN2O. The van der Waals surface area contributed by atoms with E-state index in [-0.39, 0.29) is 0 Å². The quantitative estimate of drug-likeness (QED) is 0.675. The lowest BCUT2D eigenvalue weighted by Crippen LogP contribution is -2.09. The van der Waals surface area contributed by atoms with E-state index < -0.39 is 0 Å². The summed E-state index contributed by atoms with van der Waals surface area (Å²) in [7, 11) is 1.63. The van der Waals surface area contributed by atoms with Crippen molar-refractivity contribution >= 4 is 27.5 Å². The Morgan fingerprint density at radius 3 is 2.87 bits per heavy atom. The summed E-state index contributed by atoms with van der Waals surface area (Å²) in [6.45, 7) is 2.07. The molecule has 0 aliphatic carbocycles. The number of benzene rings is 1. The second kappa shape index (κ2) is 5.75. The first-order valence-corrected chi connectivity index (χ1v) is 5.63. The van der Waals surface area contributed by atoms with Gasteiger partial charge in [-0.3, -0.25) is 0 Å². The third-order valence-electron chi connectivity index (χ3n) is 1.91. The highest BCUT2D eigenvalue weighted by Gasteiger charge is 2.01. The van der Waals surface area contributed by atoms with Crippen molar-refractivity contribution in [1.82, 2.24) is 0 Å². The first kappa shape index (κ1) is 12.0. The molecule has 4 heteroatoms. The van der Waals surface area contributed by atoms with Crippen molar-refractivity contribution in [2.24, 2.45) is 10.7 Å². The maximum Gasteiger partial charge on any atom is 0.135 e. The predicted molar refractivity (Wildman–Crippen MR) is 66.9 cm³/mol. The van der Waals surface area contributed by atoms with Crippen LogP contribution in [0.4, 0.5) is 5.69 Å². The average molecular weight is 271 g/mol. The zero-order valence-corrected chi connectivity index (χ0v) is 10.5. The summed E-state index contributed by atoms with van der Waals surface area (Å²) in [5.74, 6) is 1.42. The second-order valence-corrected chi connectivity index (χ2v) is 4.03. The van der Waals surface area contributed by atoms with E-state index in [1.54, 1.807) is 7.11 Å². The van der Waals surface area contributed by atoms with Crippen molar-refractivity contribution in [2.45, 2.75) is 19.8 Å². The van der Waals surface area contributed by atoms with Crippen LogP contribution in [-0.4, -0.2) is 12.9 Å². The molecule has 0 spiro atoms. The monoisotopic (exact) mass is 270 g/mol. The number of methoxy groups -OCH3 is 1. The molecule has 0 bridgehead atoms. The largest absolute Gasteiger partial charge is 0.495 e. The van der Waals surface area contributed by atoms with E-state index >= 15 is 0 Å². The number of nitrogens with zero attached hydrogens (tertiary/aromatic N) is 1. The molecule has 1 aromatic rings. The van der Waals surface area contributed by atoms with Gasteiger partial charge in [0.1, 0.15) is 5.75 Å². The SMILES string of the molecule is CCCC(N)=Nc1ccc(Br)c(OC)c1. The van der Waals surface area contributed by atoms with Gasteiger partial charge in [0.25, 0.3) is 0 Å². The number of hydrogen-bond acceptors (Lipinski definition) is 2. The Labute approximate surface area is 98.5 Å². The molecule has 0 amide bonds. The zero-order chi connectivity index (χ0) is 11.3. The minimum Gasteiger partial charge on any atom is -0.495 e. The molecule has 0 heterocycles. The van der Waals surface area contributed by atoms with Gasteiger partial charge in [-0.05, 0) is 34.5 Å². The topological polar surface area (TPSA) is 47.6 Å². The summed E-state index contributed by atoms with van der Waals surface area (Å²) >= 11 is 3.38. The molecule has 0 atom stereocenters. The molecule has 0 fully saturated rings. The van der Waals surface area contributed by atoms with E-state index in [0.29, 0.717) is 5.84 Å². The maximum absolute atomic E-state index is 5.74. The molecule has 0 unspecified atom stereocenters. The van der Waals surface area contributed by atoms with Gasteiger partial charge in [0.05, 0.1) is 23.1 Å². The van der Waals surface area contributed by atoms with Crippen LogP contribution in [0.15, 0.2) is 27.7 Å². The molecular weight excluding hydrogens is 256 g/mol. The summed E-state index contributed by atoms with van der Waals surface area (Å²) < 4.78 is 6.09. The van der Waals surface area contributed by atoms with Gasteiger partial charge in [-0.25, -0.2) is 4.99 Å². The number of amidine groups is 1. The van der Waals surface area contributed by atoms with Gasteiger partial charge in [-0.2, -0.15) is 0 Å². The Balaban J connectivity index is 2.91. The summed E-state index contributed by atoms with van der Waals surface area (Å²) in [5, 5.41) is 0. The van der Waals surface area contributed by atoms with Crippen LogP contribution in [0, 0.1) is 0 Å². The molecule has 0 aliphatic heterocycles. The van der Waals surface area contributed by atoms with Crippen molar-refractivity contribution in [3.63, 3.8) is 0 Å². The van der Waals surface area contributed by atoms with Crippen LogP contribution in [0.5, 0.6) is 5.75 Å². The molecule has 0 saturated heterocycles. The molecule has 0 saturated carbocycles. The van der Waals surface area contributed by atoms with Crippen LogP contribution in [0.2, 0.25) is 0 Å². The van der Waals surface area contributed by atoms with Crippen molar-refractivity contribution in [2.75, 3.05) is 7.11 Å². The second-order valence-electron chi connectivity index (χ2n) is 3.17. The zero-order valence-electron chi connectivity index (χ0n) is 8.96. The first-order valence-electron chi connectivity index (χ1n) is 4.84. The van der Waals surface area contributed by atoms with E-state index in [1.807, 2.05) is 18.2 Å². The highest BCUT2D eigenvalue weighted by molar-refractivity contribution is 9.10. The lowest BCUT2D eigenvalue weighted by Gasteiger charge is -2.04. The normalized spacial score (nSPS) is 11.5. The van der Waals surface area contributed by atoms with Crippen molar-refractivity contribution in [3.05, 3.63) is 22.7 Å². The Morgan fingerprint density at radius 2 is 2.27 bits per heavy atom. The van der Waals surface area contributed by atoms with Crippen LogP contribution >= 0.6 is 15.9 Å². The van der Waals surface area contributed by atoms with Gasteiger partial charge in [0, 0.05) is 12.5 Å². The fourth-order valence-corrected chi connectivity index (χ4v) is 1.60. The van der Waals surface area contributed by atoms with Gasteiger partial charge in [0.2, 0.25) is 0 Å². The Kier molecular flexibility index (Phi) is 4.62. The molecule has 0 radical (unpaired) electrons. The van der Waals surface area contributed by atoms with E-state index in [2.05, 4.69) is 27.8 Å². The standard InChI is InChI=1S/C11H15BrN2O/c1-3-4-11(13)14-8-5-6-9(12)10(7-8)15-2/h5-7H,3-4H2,1-2H3,(H2,13,14). The Morgan fingerprint density at radius 1 is 1.53 bits per heavy atom. The van der Waals surface area contributed by atoms with Gasteiger partial charge >= 0.3 is 0 Å². The third kappa shape index (κ3) is 3.55. The average Bonchev–Trinajstić information content (AvgIpc) is 2.21. The van der Waals surface area contributed by atoms with Crippen LogP contribution in [0.25, 0.3) is 0 Å². The predicted octanol–water partition coefficient (Wildman–Crippen LogP) is 3.25. The molecule has 82 valence electrons. The highest BCUT2D eigenvalue weighted by atomic mass is 79.9. The van der Waals surface area contributed by atoms with Crippen molar-refractivity contribution in [1.29, 1.82) is 0 Å². The third-order valence-corrected chi connectivity index (χ3v) is 2.57. The lowest BCUT2D eigenvalue weighted by molar-refractivity contribution is 0.412. The van der Waals surface area contributed by atoms with Gasteiger partial charge in [-0.1, -0.05) is 6.92 Å².